The molecule has 2 aromatic carbocycles. The van der Waals surface area contributed by atoms with E-state index in [1.165, 1.54) is 0 Å². The monoisotopic (exact) mass is 501 g/mol. The predicted octanol–water partition coefficient (Wildman–Crippen LogP) is -5.56. The second kappa shape index (κ2) is 9.34. The van der Waals surface area contributed by atoms with E-state index in [9.17, 15) is 9.18 Å². The number of anilines is 2. The van der Waals surface area contributed by atoms with Gasteiger partial charge < -0.3 is 19.9 Å². The molecule has 3 heterocycles. The summed E-state index contributed by atoms with van der Waals surface area (Å²) in [5.74, 6) is -2.29. The molecular weight excluding hydrogens is 487 g/mol. The largest absolute Gasteiger partial charge is 0.509 e. The molecule has 0 saturated carbocycles. The fourth-order valence-electron chi connectivity index (χ4n) is 5.79. The number of para-hydroxylation sites is 1. The Kier molecular flexibility index (Phi) is 6.93. The zero-order valence-corrected chi connectivity index (χ0v) is 21.5. The van der Waals surface area contributed by atoms with E-state index in [1.807, 2.05) is 6.07 Å². The third kappa shape index (κ3) is 3.97. The summed E-state index contributed by atoms with van der Waals surface area (Å²) >= 11 is 0. The molecule has 1 N–H and O–H groups in total. The molecule has 5 nitrogen and oxygen atoms in total. The Morgan fingerprint density at radius 3 is 2.17 bits per heavy atom. The number of ether oxygens (including phenoxy) is 1. The molecule has 170 valence electrons. The van der Waals surface area contributed by atoms with Crippen LogP contribution in [0.4, 0.5) is 15.8 Å². The molecule has 18 heteroatoms. The zero-order valence-electron chi connectivity index (χ0n) is 21.5. The minimum atomic E-state index is -2.55. The first-order valence-electron chi connectivity index (χ1n) is 12.3. The number of halogens is 1. The van der Waals surface area contributed by atoms with Crippen LogP contribution in [0.25, 0.3) is 0 Å². The third-order valence-corrected chi connectivity index (χ3v) is 8.27. The van der Waals surface area contributed by atoms with E-state index in [4.69, 9.17) is 98.9 Å². The lowest BCUT2D eigenvalue weighted by Crippen LogP contribution is -2.71. The average molecular weight is 499 g/mol. The van der Waals surface area contributed by atoms with Crippen LogP contribution in [0.15, 0.2) is 18.2 Å². The minimum absolute atomic E-state index is 0.196. The normalized spacial score (nSPS) is 22.3. The highest BCUT2D eigenvalue weighted by Gasteiger charge is 2.55. The van der Waals surface area contributed by atoms with Gasteiger partial charge in [0.05, 0.1) is 42.8 Å². The first-order chi connectivity index (χ1) is 18.4. The van der Waals surface area contributed by atoms with Crippen LogP contribution >= 0.6 is 0 Å². The van der Waals surface area contributed by atoms with Gasteiger partial charge in [-0.25, -0.2) is 4.39 Å². The maximum Gasteiger partial charge on any atom is 0.231 e. The van der Waals surface area contributed by atoms with Gasteiger partial charge in [-0.05, 0) is 24.6 Å². The standard InChI is InChI=1S/C22H12B12FN3O2/c23-11-13(25)17(14(26)12(24)15(11)35)40-22(33,34)20(29,30)21(31,32)37-5-4-10-8(6-37)7-2-1-3-9-16(7)38(10)19(27,28)18(39)36-9/h1-3,8,10H,4-6H2,(H,36,39)/t8-,10-/m0/s1. The predicted molar refractivity (Wildman–Crippen MR) is 166 cm³/mol. The summed E-state index contributed by atoms with van der Waals surface area (Å²) in [5.41, 5.74) is 0.205. The van der Waals surface area contributed by atoms with Crippen molar-refractivity contribution in [2.45, 2.75) is 39.7 Å². The van der Waals surface area contributed by atoms with Gasteiger partial charge in [-0.3, -0.25) is 4.79 Å². The fourth-order valence-corrected chi connectivity index (χ4v) is 5.79. The van der Waals surface area contributed by atoms with E-state index >= 15 is 0 Å². The Morgan fingerprint density at radius 2 is 1.57 bits per heavy atom. The highest BCUT2D eigenvalue weighted by molar-refractivity contribution is 6.62. The lowest BCUT2D eigenvalue weighted by atomic mass is 9.23. The highest BCUT2D eigenvalue weighted by Crippen LogP contribution is 2.54. The van der Waals surface area contributed by atoms with Crippen molar-refractivity contribution in [3.8, 4) is 5.75 Å². The smallest absolute Gasteiger partial charge is 0.231 e. The van der Waals surface area contributed by atoms with Crippen molar-refractivity contribution in [2.75, 3.05) is 23.3 Å². The molecular formula is C22H12B12FN3O2. The molecule has 3 aliphatic heterocycles. The fraction of sp³-hybridized carbons (Fsp3) is 0.409. The van der Waals surface area contributed by atoms with Crippen molar-refractivity contribution in [3.05, 3.63) is 29.6 Å². The number of piperidine rings is 1. The molecule has 0 bridgehead atoms. The molecule has 40 heavy (non-hydrogen) atoms. The number of amides is 1. The number of hydrogen-bond donors (Lipinski definition) is 1. The van der Waals surface area contributed by atoms with Crippen LogP contribution in [0.1, 0.15) is 17.9 Å². The first-order valence-corrected chi connectivity index (χ1v) is 12.3. The Hall–Kier alpha value is -1.82. The van der Waals surface area contributed by atoms with Crippen LogP contribution in [-0.4, -0.2) is 140 Å². The van der Waals surface area contributed by atoms with Gasteiger partial charge in [0.1, 0.15) is 74.3 Å². The van der Waals surface area contributed by atoms with Crippen molar-refractivity contribution < 1.29 is 13.9 Å². The van der Waals surface area contributed by atoms with Crippen molar-refractivity contribution in [1.82, 2.24) is 4.90 Å². The van der Waals surface area contributed by atoms with Gasteiger partial charge in [-0.1, -0.05) is 44.5 Å². The molecule has 1 fully saturated rings. The Morgan fingerprint density at radius 1 is 0.975 bits per heavy atom. The molecule has 5 rings (SSSR count). The second-order valence-electron chi connectivity index (χ2n) is 10.7. The topological polar surface area (TPSA) is 44.8 Å². The quantitative estimate of drug-likeness (QED) is 0.418. The van der Waals surface area contributed by atoms with Crippen LogP contribution < -0.4 is 36.8 Å². The number of nitrogens with zero attached hydrogens (tertiary/aromatic N) is 2. The molecule has 0 aliphatic carbocycles. The first kappa shape index (κ1) is 29.7. The summed E-state index contributed by atoms with van der Waals surface area (Å²) < 4.78 is 19.8. The Balaban J connectivity index is 1.47. The average Bonchev–Trinajstić information content (AvgIpc) is 3.23. The van der Waals surface area contributed by atoms with Crippen LogP contribution in [0, 0.1) is 5.82 Å². The summed E-state index contributed by atoms with van der Waals surface area (Å²) in [6.07, 6.45) is 0.405. The van der Waals surface area contributed by atoms with Gasteiger partial charge >= 0.3 is 0 Å². The molecule has 3 aliphatic rings. The lowest BCUT2D eigenvalue weighted by Gasteiger charge is -2.61. The van der Waals surface area contributed by atoms with Gasteiger partial charge in [-0.15, -0.1) is 0 Å². The summed E-state index contributed by atoms with van der Waals surface area (Å²) in [4.78, 5) is 16.0. The van der Waals surface area contributed by atoms with Gasteiger partial charge in [0.25, 0.3) is 0 Å². The number of likely N-dealkylation sites (tertiary alicyclic amines) is 1. The number of benzene rings is 2. The summed E-state index contributed by atoms with van der Waals surface area (Å²) in [6.45, 7) is 0.417. The SMILES string of the molecule is [B]c1c([B])c(OC([B])([B])C([B])([B])C([B])([B])N2CC[C@H]3[C@@H](C2)c2cccc4c2N3C([B])([B])C(=O)N4)c([B])c([B])c1F. The minimum Gasteiger partial charge on any atom is -0.509 e. The summed E-state index contributed by atoms with van der Waals surface area (Å²) in [5, 5.41) is -6.12. The van der Waals surface area contributed by atoms with Crippen molar-refractivity contribution in [2.24, 2.45) is 0 Å². The van der Waals surface area contributed by atoms with E-state index in [0.29, 0.717) is 17.8 Å². The second-order valence-corrected chi connectivity index (χ2v) is 10.7. The zero-order chi connectivity index (χ0) is 29.7. The maximum atomic E-state index is 14.2. The van der Waals surface area contributed by atoms with Crippen LogP contribution in [0.5, 0.6) is 5.75 Å². The van der Waals surface area contributed by atoms with E-state index in [2.05, 4.69) is 5.32 Å². The van der Waals surface area contributed by atoms with E-state index in [0.717, 1.165) is 5.56 Å². The number of rotatable bonds is 5. The van der Waals surface area contributed by atoms with Gasteiger partial charge in [0, 0.05) is 29.2 Å². The van der Waals surface area contributed by atoms with Gasteiger partial charge in [0.15, 0.2) is 0 Å². The molecule has 24 radical (unpaired) electrons. The number of nitrogens with one attached hydrogen (secondary N) is 1. The number of hydrogen-bond acceptors (Lipinski definition) is 4. The molecule has 0 unspecified atom stereocenters. The Labute approximate surface area is 249 Å². The Bertz CT molecular complexity index is 1390. The van der Waals surface area contributed by atoms with Gasteiger partial charge in [0.2, 0.25) is 5.91 Å². The summed E-state index contributed by atoms with van der Waals surface area (Å²) in [7, 11) is 74.2. The van der Waals surface area contributed by atoms with Crippen LogP contribution in [0.2, 0.25) is 5.21 Å². The van der Waals surface area contributed by atoms with Crippen LogP contribution in [-0.2, 0) is 4.79 Å². The molecule has 2 aromatic rings. The number of carbonyl (C=O) groups excluding carboxylic acids is 1. The highest BCUT2D eigenvalue weighted by atomic mass is 19.1. The maximum absolute atomic E-state index is 14.2. The van der Waals surface area contributed by atoms with E-state index in [1.54, 1.807) is 21.9 Å². The van der Waals surface area contributed by atoms with E-state index in [-0.39, 0.29) is 25.0 Å². The van der Waals surface area contributed by atoms with Crippen molar-refractivity contribution >= 4 is 133 Å². The van der Waals surface area contributed by atoms with Crippen molar-refractivity contribution in [1.29, 1.82) is 0 Å². The summed E-state index contributed by atoms with van der Waals surface area (Å²) in [6, 6.07) is 5.19. The molecule has 1 amide bonds. The van der Waals surface area contributed by atoms with E-state index < -0.39 is 60.6 Å². The molecule has 1 saturated heterocycles. The van der Waals surface area contributed by atoms with Gasteiger partial charge in [-0.2, -0.15) is 0 Å². The lowest BCUT2D eigenvalue weighted by molar-refractivity contribution is -0.117. The molecule has 0 spiro atoms. The number of fused-ring (bicyclic) bond motifs is 3. The number of carbonyl (C=O) groups is 1. The molecule has 2 atom stereocenters. The molecule has 0 aromatic heterocycles. The van der Waals surface area contributed by atoms with Crippen LogP contribution in [0.3, 0.4) is 0 Å². The third-order valence-electron chi connectivity index (χ3n) is 8.27. The van der Waals surface area contributed by atoms with Crippen molar-refractivity contribution in [3.63, 3.8) is 0 Å².